The lowest BCUT2D eigenvalue weighted by molar-refractivity contribution is 0.508. The van der Waals surface area contributed by atoms with Crippen molar-refractivity contribution in [2.24, 2.45) is 17.4 Å². The van der Waals surface area contributed by atoms with Crippen molar-refractivity contribution in [3.63, 3.8) is 0 Å². The van der Waals surface area contributed by atoms with Crippen LogP contribution >= 0.6 is 11.3 Å². The molecule has 0 saturated carbocycles. The summed E-state index contributed by atoms with van der Waals surface area (Å²) in [6, 6.07) is 3.39. The summed E-state index contributed by atoms with van der Waals surface area (Å²) in [6.45, 7) is 4.25. The fourth-order valence-electron chi connectivity index (χ4n) is 3.49. The van der Waals surface area contributed by atoms with E-state index in [1.165, 1.54) is 16.9 Å². The lowest BCUT2D eigenvalue weighted by Gasteiger charge is -2.20. The van der Waals surface area contributed by atoms with Gasteiger partial charge in [0.1, 0.15) is 4.83 Å². The molecule has 0 radical (unpaired) electrons. The summed E-state index contributed by atoms with van der Waals surface area (Å²) in [7, 11) is 0. The van der Waals surface area contributed by atoms with Crippen molar-refractivity contribution in [1.82, 2.24) is 15.0 Å². The van der Waals surface area contributed by atoms with Gasteiger partial charge in [0.2, 0.25) is 0 Å². The van der Waals surface area contributed by atoms with Crippen LogP contribution in [0.3, 0.4) is 0 Å². The largest absolute Gasteiger partial charge is 0.326 e. The van der Waals surface area contributed by atoms with E-state index in [9.17, 15) is 0 Å². The molecule has 1 aliphatic rings. The van der Waals surface area contributed by atoms with E-state index in [-0.39, 0.29) is 12.1 Å². The zero-order valence-corrected chi connectivity index (χ0v) is 15.4. The van der Waals surface area contributed by atoms with E-state index in [1.54, 1.807) is 23.7 Å². The maximum Gasteiger partial charge on any atom is 0.161 e. The Balaban J connectivity index is 1.96. The monoisotopic (exact) mass is 353 g/mol. The third kappa shape index (κ3) is 2.94. The lowest BCUT2D eigenvalue weighted by Crippen LogP contribution is -2.32. The Bertz CT molecular complexity index is 903. The van der Waals surface area contributed by atoms with E-state index in [1.807, 2.05) is 19.1 Å². The van der Waals surface area contributed by atoms with Gasteiger partial charge < -0.3 is 11.5 Å². The standard InChI is InChI=1S/C19H23N5S/c1-10-3-4-13-14(9-10)25-19-15(13)17(16(21)11(2)20)23-18(24-19)12-5-7-22-8-6-12/h5-8,10-11,16H,3-4,9,20-21H2,1-2H3. The number of hydrogen-bond donors (Lipinski definition) is 2. The minimum Gasteiger partial charge on any atom is -0.326 e. The molecular weight excluding hydrogens is 330 g/mol. The summed E-state index contributed by atoms with van der Waals surface area (Å²) in [5.74, 6) is 1.42. The van der Waals surface area contributed by atoms with Crippen LogP contribution in [0.25, 0.3) is 21.6 Å². The summed E-state index contributed by atoms with van der Waals surface area (Å²) in [5, 5.41) is 1.15. The van der Waals surface area contributed by atoms with Crippen molar-refractivity contribution < 1.29 is 0 Å². The molecule has 0 saturated heterocycles. The molecule has 0 amide bonds. The van der Waals surface area contributed by atoms with Crippen molar-refractivity contribution in [2.75, 3.05) is 0 Å². The van der Waals surface area contributed by atoms with Crippen LogP contribution in [0.2, 0.25) is 0 Å². The summed E-state index contributed by atoms with van der Waals surface area (Å²) < 4.78 is 0. The molecule has 6 heteroatoms. The number of fused-ring (bicyclic) bond motifs is 3. The maximum atomic E-state index is 6.45. The number of pyridine rings is 1. The first-order valence-corrected chi connectivity index (χ1v) is 9.60. The SMILES string of the molecule is CC1CCc2c(sc3nc(-c4ccncc4)nc(C(N)C(C)N)c23)C1. The van der Waals surface area contributed by atoms with Crippen molar-refractivity contribution in [2.45, 2.75) is 45.2 Å². The summed E-state index contributed by atoms with van der Waals surface area (Å²) in [6.07, 6.45) is 6.92. The van der Waals surface area contributed by atoms with Gasteiger partial charge in [-0.1, -0.05) is 6.92 Å². The lowest BCUT2D eigenvalue weighted by atomic mass is 9.88. The van der Waals surface area contributed by atoms with E-state index >= 15 is 0 Å². The minimum atomic E-state index is -0.302. The second-order valence-corrected chi connectivity index (χ2v) is 8.17. The average molecular weight is 353 g/mol. The number of thiophene rings is 1. The quantitative estimate of drug-likeness (QED) is 0.754. The zero-order valence-electron chi connectivity index (χ0n) is 14.6. The number of aryl methyl sites for hydroxylation is 1. The molecule has 4 N–H and O–H groups in total. The molecule has 0 aromatic carbocycles. The molecule has 0 spiro atoms. The fraction of sp³-hybridized carbons (Fsp3) is 0.421. The summed E-state index contributed by atoms with van der Waals surface area (Å²) >= 11 is 1.79. The minimum absolute atomic E-state index is 0.165. The van der Waals surface area contributed by atoms with Crippen LogP contribution in [0, 0.1) is 5.92 Å². The Hall–Kier alpha value is -1.89. The van der Waals surface area contributed by atoms with E-state index < -0.39 is 0 Å². The van der Waals surface area contributed by atoms with Crippen LogP contribution in [0.5, 0.6) is 0 Å². The van der Waals surface area contributed by atoms with Gasteiger partial charge >= 0.3 is 0 Å². The predicted octanol–water partition coefficient (Wildman–Crippen LogP) is 3.23. The molecule has 3 aromatic rings. The molecule has 0 aliphatic heterocycles. The molecular formula is C19H23N5S. The van der Waals surface area contributed by atoms with Gasteiger partial charge in [-0.05, 0) is 49.8 Å². The van der Waals surface area contributed by atoms with Gasteiger partial charge in [0.25, 0.3) is 0 Å². The normalized spacial score (nSPS) is 19.6. The number of aromatic nitrogens is 3. The molecule has 0 fully saturated rings. The van der Waals surface area contributed by atoms with Crippen LogP contribution < -0.4 is 11.5 Å². The molecule has 130 valence electrons. The van der Waals surface area contributed by atoms with Crippen LogP contribution in [0.1, 0.15) is 42.4 Å². The third-order valence-electron chi connectivity index (χ3n) is 5.00. The Morgan fingerprint density at radius 3 is 2.68 bits per heavy atom. The van der Waals surface area contributed by atoms with Crippen molar-refractivity contribution in [1.29, 1.82) is 0 Å². The van der Waals surface area contributed by atoms with Gasteiger partial charge in [-0.3, -0.25) is 4.98 Å². The van der Waals surface area contributed by atoms with Crippen LogP contribution in [0.4, 0.5) is 0 Å². The van der Waals surface area contributed by atoms with Gasteiger partial charge in [-0.25, -0.2) is 9.97 Å². The van der Waals surface area contributed by atoms with Crippen molar-refractivity contribution in [3.05, 3.63) is 40.7 Å². The summed E-state index contributed by atoms with van der Waals surface area (Å²) in [4.78, 5) is 16.3. The van der Waals surface area contributed by atoms with Crippen molar-refractivity contribution in [3.8, 4) is 11.4 Å². The first-order valence-electron chi connectivity index (χ1n) is 8.78. The van der Waals surface area contributed by atoms with Gasteiger partial charge in [0, 0.05) is 34.3 Å². The number of rotatable bonds is 3. The van der Waals surface area contributed by atoms with Crippen LogP contribution in [-0.4, -0.2) is 21.0 Å². The average Bonchev–Trinajstić information content (AvgIpc) is 2.98. The van der Waals surface area contributed by atoms with Crippen molar-refractivity contribution >= 4 is 21.6 Å². The maximum absolute atomic E-state index is 6.45. The van der Waals surface area contributed by atoms with Gasteiger partial charge in [-0.15, -0.1) is 11.3 Å². The summed E-state index contributed by atoms with van der Waals surface area (Å²) in [5.41, 5.74) is 15.8. The number of nitrogens with two attached hydrogens (primary N) is 2. The van der Waals surface area contributed by atoms with Crippen LogP contribution in [-0.2, 0) is 12.8 Å². The second-order valence-electron chi connectivity index (χ2n) is 7.09. The molecule has 3 aromatic heterocycles. The Kier molecular flexibility index (Phi) is 4.27. The van der Waals surface area contributed by atoms with E-state index in [4.69, 9.17) is 21.4 Å². The van der Waals surface area contributed by atoms with Crippen LogP contribution in [0.15, 0.2) is 24.5 Å². The fourth-order valence-corrected chi connectivity index (χ4v) is 4.88. The number of hydrogen-bond acceptors (Lipinski definition) is 6. The number of nitrogens with zero attached hydrogens (tertiary/aromatic N) is 3. The van der Waals surface area contributed by atoms with E-state index in [0.717, 1.165) is 40.2 Å². The smallest absolute Gasteiger partial charge is 0.161 e. The highest BCUT2D eigenvalue weighted by molar-refractivity contribution is 7.18. The molecule has 3 heterocycles. The topological polar surface area (TPSA) is 90.7 Å². The van der Waals surface area contributed by atoms with Gasteiger partial charge in [0.15, 0.2) is 5.82 Å². The predicted molar refractivity (Wildman–Crippen MR) is 102 cm³/mol. The highest BCUT2D eigenvalue weighted by atomic mass is 32.1. The molecule has 25 heavy (non-hydrogen) atoms. The molecule has 0 bridgehead atoms. The first kappa shape index (κ1) is 16.6. The van der Waals surface area contributed by atoms with Gasteiger partial charge in [-0.2, -0.15) is 0 Å². The molecule has 5 nitrogen and oxygen atoms in total. The Labute approximate surface area is 151 Å². The first-order chi connectivity index (χ1) is 12.0. The highest BCUT2D eigenvalue weighted by Crippen LogP contribution is 2.40. The van der Waals surface area contributed by atoms with E-state index in [0.29, 0.717) is 5.82 Å². The third-order valence-corrected chi connectivity index (χ3v) is 6.15. The molecule has 3 unspecified atom stereocenters. The Morgan fingerprint density at radius 2 is 1.96 bits per heavy atom. The highest BCUT2D eigenvalue weighted by Gasteiger charge is 2.27. The zero-order chi connectivity index (χ0) is 17.6. The molecule has 1 aliphatic carbocycles. The second kappa shape index (κ2) is 6.44. The molecule has 4 rings (SSSR count). The van der Waals surface area contributed by atoms with E-state index in [2.05, 4.69) is 11.9 Å². The molecule has 3 atom stereocenters. The Morgan fingerprint density at radius 1 is 1.20 bits per heavy atom. The van der Waals surface area contributed by atoms with Gasteiger partial charge in [0.05, 0.1) is 11.7 Å².